The number of carbonyl (C=O) groups excluding carboxylic acids is 2. The topological polar surface area (TPSA) is 40.6 Å². The first kappa shape index (κ1) is 20.7. The van der Waals surface area contributed by atoms with Crippen molar-refractivity contribution in [2.45, 2.75) is 40.2 Å². The van der Waals surface area contributed by atoms with E-state index in [4.69, 9.17) is 11.8 Å². The van der Waals surface area contributed by atoms with Crippen LogP contribution >= 0.6 is 11.8 Å². The summed E-state index contributed by atoms with van der Waals surface area (Å²) < 4.78 is 0.887. The van der Waals surface area contributed by atoms with Crippen molar-refractivity contribution in [3.8, 4) is 0 Å². The molecule has 0 saturated heterocycles. The van der Waals surface area contributed by atoms with Gasteiger partial charge in [-0.2, -0.15) is 4.53 Å². The Morgan fingerprint density at radius 2 is 1.44 bits per heavy atom. The first-order valence-electron chi connectivity index (χ1n) is 8.70. The maximum Gasteiger partial charge on any atom is 0.287 e. The van der Waals surface area contributed by atoms with E-state index in [1.165, 1.54) is 5.01 Å². The maximum atomic E-state index is 13.1. The number of halogens is 1. The van der Waals surface area contributed by atoms with E-state index in [9.17, 15) is 9.59 Å². The molecule has 0 fully saturated rings. The number of hydrogen-bond donors (Lipinski definition) is 0. The fourth-order valence-electron chi connectivity index (χ4n) is 2.83. The lowest BCUT2D eigenvalue weighted by molar-refractivity contribution is -0.00370. The van der Waals surface area contributed by atoms with Crippen molar-refractivity contribution in [1.82, 2.24) is 9.54 Å². The van der Waals surface area contributed by atoms with Crippen molar-refractivity contribution in [1.29, 1.82) is 0 Å². The van der Waals surface area contributed by atoms with Gasteiger partial charge in [0.25, 0.3) is 11.8 Å². The largest absolute Gasteiger partial charge is 0.287 e. The number of amides is 2. The summed E-state index contributed by atoms with van der Waals surface area (Å²) in [5.74, 6) is -0.805. The third-order valence-electron chi connectivity index (χ3n) is 4.03. The van der Waals surface area contributed by atoms with Crippen LogP contribution in [-0.4, -0.2) is 26.9 Å². The summed E-state index contributed by atoms with van der Waals surface area (Å²) in [6.45, 7) is 13.0. The molecule has 2 rings (SSSR count). The van der Waals surface area contributed by atoms with E-state index in [1.807, 2.05) is 40.7 Å². The van der Waals surface area contributed by atoms with Gasteiger partial charge < -0.3 is 0 Å². The van der Waals surface area contributed by atoms with Crippen LogP contribution in [0.15, 0.2) is 49.0 Å². The van der Waals surface area contributed by atoms with Crippen molar-refractivity contribution in [3.63, 3.8) is 0 Å². The lowest BCUT2D eigenvalue weighted by Crippen LogP contribution is -2.54. The normalized spacial score (nSPS) is 11.0. The zero-order valence-electron chi connectivity index (χ0n) is 16.4. The van der Waals surface area contributed by atoms with Crippen LogP contribution in [0.5, 0.6) is 0 Å². The molecular weight excluding hydrogens is 360 g/mol. The average molecular weight is 385 g/mol. The highest BCUT2D eigenvalue weighted by Gasteiger charge is 2.35. The van der Waals surface area contributed by atoms with Gasteiger partial charge in [0.2, 0.25) is 0 Å². The number of hydrogen-bond acceptors (Lipinski definition) is 2. The van der Waals surface area contributed by atoms with Gasteiger partial charge >= 0.3 is 0 Å². The van der Waals surface area contributed by atoms with Gasteiger partial charge in [-0.25, -0.2) is 5.01 Å². The average Bonchev–Trinajstić information content (AvgIpc) is 2.59. The van der Waals surface area contributed by atoms with E-state index in [2.05, 4.69) is 6.58 Å². The van der Waals surface area contributed by atoms with Crippen LogP contribution in [0.1, 0.15) is 58.2 Å². The standard InChI is InChI=1S/C22H25ClN2O2/c1-7-17-8-10-18(11-9-17)20(26)24(22(4,5)6)25(23)21(27)19-13-15(2)12-16(3)14-19/h7-14H,1H2,2-6H3. The predicted molar refractivity (Wildman–Crippen MR) is 110 cm³/mol. The molecule has 0 N–H and O–H groups in total. The summed E-state index contributed by atoms with van der Waals surface area (Å²) >= 11 is 6.40. The minimum atomic E-state index is -0.704. The van der Waals surface area contributed by atoms with Crippen molar-refractivity contribution >= 4 is 29.7 Å². The minimum Gasteiger partial charge on any atom is -0.267 e. The van der Waals surface area contributed by atoms with E-state index in [0.717, 1.165) is 21.2 Å². The second kappa shape index (κ2) is 7.97. The summed E-state index contributed by atoms with van der Waals surface area (Å²) in [5, 5.41) is 1.28. The van der Waals surface area contributed by atoms with Gasteiger partial charge in [-0.15, -0.1) is 0 Å². The molecule has 0 saturated carbocycles. The van der Waals surface area contributed by atoms with Crippen molar-refractivity contribution < 1.29 is 9.59 Å². The fourth-order valence-corrected chi connectivity index (χ4v) is 3.22. The Bertz CT molecular complexity index is 847. The quantitative estimate of drug-likeness (QED) is 0.525. The molecule has 0 aliphatic carbocycles. The molecule has 0 radical (unpaired) electrons. The number of aryl methyl sites for hydroxylation is 2. The number of nitrogens with zero attached hydrogens (tertiary/aromatic N) is 2. The molecule has 5 heteroatoms. The maximum absolute atomic E-state index is 13.1. The van der Waals surface area contributed by atoms with E-state index in [0.29, 0.717) is 11.1 Å². The van der Waals surface area contributed by atoms with Gasteiger partial charge in [0.1, 0.15) is 0 Å². The summed E-state index contributed by atoms with van der Waals surface area (Å²) in [7, 11) is 0. The zero-order chi connectivity index (χ0) is 20.4. The predicted octanol–water partition coefficient (Wildman–Crippen LogP) is 5.40. The van der Waals surface area contributed by atoms with Crippen molar-refractivity contribution in [2.75, 3.05) is 0 Å². The Morgan fingerprint density at radius 3 is 1.89 bits per heavy atom. The van der Waals surface area contributed by atoms with E-state index in [1.54, 1.807) is 42.5 Å². The van der Waals surface area contributed by atoms with Crippen LogP contribution < -0.4 is 0 Å². The number of benzene rings is 2. The molecule has 2 aromatic carbocycles. The van der Waals surface area contributed by atoms with Gasteiger partial charge in [-0.1, -0.05) is 42.0 Å². The Morgan fingerprint density at radius 1 is 0.926 bits per heavy atom. The van der Waals surface area contributed by atoms with Crippen LogP contribution in [0, 0.1) is 13.8 Å². The van der Waals surface area contributed by atoms with E-state index in [-0.39, 0.29) is 5.91 Å². The fraction of sp³-hybridized carbons (Fsp3) is 0.273. The molecule has 0 atom stereocenters. The molecule has 0 spiro atoms. The van der Waals surface area contributed by atoms with Crippen molar-refractivity contribution in [3.05, 3.63) is 76.9 Å². The molecule has 0 aromatic heterocycles. The van der Waals surface area contributed by atoms with Gasteiger partial charge in [0.05, 0.1) is 5.54 Å². The SMILES string of the molecule is C=Cc1ccc(C(=O)N(N(Cl)C(=O)c2cc(C)cc(C)c2)C(C)(C)C)cc1. The lowest BCUT2D eigenvalue weighted by Gasteiger charge is -2.39. The molecule has 0 aliphatic rings. The molecule has 0 bridgehead atoms. The van der Waals surface area contributed by atoms with E-state index >= 15 is 0 Å². The molecule has 27 heavy (non-hydrogen) atoms. The molecular formula is C22H25ClN2O2. The van der Waals surface area contributed by atoms with Crippen LogP contribution in [0.3, 0.4) is 0 Å². The smallest absolute Gasteiger partial charge is 0.267 e. The van der Waals surface area contributed by atoms with Gasteiger partial charge in [-0.3, -0.25) is 9.59 Å². The number of rotatable bonds is 3. The van der Waals surface area contributed by atoms with Crippen LogP contribution in [0.2, 0.25) is 0 Å². The van der Waals surface area contributed by atoms with Crippen LogP contribution in [0.4, 0.5) is 0 Å². The molecule has 0 unspecified atom stereocenters. The Labute approximate surface area is 166 Å². The summed E-state index contributed by atoms with van der Waals surface area (Å²) in [4.78, 5) is 26.1. The first-order chi connectivity index (χ1) is 12.5. The van der Waals surface area contributed by atoms with E-state index < -0.39 is 11.4 Å². The van der Waals surface area contributed by atoms with Gasteiger partial charge in [0, 0.05) is 22.9 Å². The molecule has 4 nitrogen and oxygen atoms in total. The Balaban J connectivity index is 2.41. The third-order valence-corrected chi connectivity index (χ3v) is 4.34. The second-order valence-electron chi connectivity index (χ2n) is 7.56. The monoisotopic (exact) mass is 384 g/mol. The third kappa shape index (κ3) is 4.77. The minimum absolute atomic E-state index is 0.356. The molecule has 2 amide bonds. The highest BCUT2D eigenvalue weighted by molar-refractivity contribution is 6.24. The highest BCUT2D eigenvalue weighted by Crippen LogP contribution is 2.24. The molecule has 0 heterocycles. The Kier molecular flexibility index (Phi) is 6.11. The summed E-state index contributed by atoms with van der Waals surface area (Å²) in [6, 6.07) is 12.5. The van der Waals surface area contributed by atoms with Crippen LogP contribution in [-0.2, 0) is 0 Å². The first-order valence-corrected chi connectivity index (χ1v) is 9.04. The number of hydrazine groups is 1. The Hall–Kier alpha value is -2.59. The summed E-state index contributed by atoms with van der Waals surface area (Å²) in [5.41, 5.74) is 2.99. The second-order valence-corrected chi connectivity index (χ2v) is 7.88. The van der Waals surface area contributed by atoms with Gasteiger partial charge in [-0.05, 0) is 64.4 Å². The zero-order valence-corrected chi connectivity index (χ0v) is 17.2. The van der Waals surface area contributed by atoms with Crippen LogP contribution in [0.25, 0.3) is 6.08 Å². The molecule has 142 valence electrons. The highest BCUT2D eigenvalue weighted by atomic mass is 35.5. The summed E-state index contributed by atoms with van der Waals surface area (Å²) in [6.07, 6.45) is 1.70. The number of carbonyl (C=O) groups is 2. The van der Waals surface area contributed by atoms with Crippen molar-refractivity contribution in [2.24, 2.45) is 0 Å². The lowest BCUT2D eigenvalue weighted by atomic mass is 10.0. The van der Waals surface area contributed by atoms with Gasteiger partial charge in [0.15, 0.2) is 0 Å². The molecule has 2 aromatic rings. The molecule has 0 aliphatic heterocycles.